The third-order valence-electron chi connectivity index (χ3n) is 2.50. The molecule has 6 heteroatoms. The summed E-state index contributed by atoms with van der Waals surface area (Å²) >= 11 is 0. The molecule has 84 valence electrons. The number of aromatic nitrogens is 1. The van der Waals surface area contributed by atoms with Gasteiger partial charge in [-0.2, -0.15) is 5.26 Å². The summed E-state index contributed by atoms with van der Waals surface area (Å²) in [6, 6.07) is 4.30. The fraction of sp³-hybridized carbons (Fsp3) is 0.0909. The second-order valence-electron chi connectivity index (χ2n) is 3.59. The molecule has 1 N–H and O–H groups in total. The summed E-state index contributed by atoms with van der Waals surface area (Å²) in [7, 11) is 0. The lowest BCUT2D eigenvalue weighted by molar-refractivity contribution is -0.384. The summed E-state index contributed by atoms with van der Waals surface area (Å²) in [5.74, 6) is 0. The molecule has 0 fully saturated rings. The molecule has 0 aliphatic heterocycles. The number of nitro groups is 1. The molecule has 0 radical (unpaired) electrons. The van der Waals surface area contributed by atoms with Gasteiger partial charge in [0, 0.05) is 18.3 Å². The summed E-state index contributed by atoms with van der Waals surface area (Å²) in [4.78, 5) is 24.7. The molecule has 1 aromatic carbocycles. The van der Waals surface area contributed by atoms with Gasteiger partial charge in [-0.15, -0.1) is 0 Å². The van der Waals surface area contributed by atoms with E-state index in [1.807, 2.05) is 0 Å². The summed E-state index contributed by atoms with van der Waals surface area (Å²) in [5.41, 5.74) is 0.399. The highest BCUT2D eigenvalue weighted by Crippen LogP contribution is 2.21. The molecule has 0 unspecified atom stereocenters. The Hall–Kier alpha value is -2.68. The van der Waals surface area contributed by atoms with Gasteiger partial charge in [0.05, 0.1) is 15.8 Å². The standard InChI is InChI=1S/C11H7N3O3/c1-6-2-8(14(16)17)3-9-10(6)13-5-7(4-12)11(9)15/h2-3,5H,1H3,(H,13,15). The van der Waals surface area contributed by atoms with Crippen molar-refractivity contribution >= 4 is 16.6 Å². The van der Waals surface area contributed by atoms with Crippen LogP contribution in [0.4, 0.5) is 5.69 Å². The number of fused-ring (bicyclic) bond motifs is 1. The minimum absolute atomic E-state index is 0.0580. The zero-order chi connectivity index (χ0) is 12.6. The Bertz CT molecular complexity index is 725. The molecule has 0 atom stereocenters. The maximum absolute atomic E-state index is 11.8. The largest absolute Gasteiger partial charge is 0.359 e. The molecule has 0 aliphatic carbocycles. The van der Waals surface area contributed by atoms with Gasteiger partial charge in [-0.3, -0.25) is 14.9 Å². The fourth-order valence-electron chi connectivity index (χ4n) is 1.68. The first-order chi connectivity index (χ1) is 8.04. The van der Waals surface area contributed by atoms with Gasteiger partial charge >= 0.3 is 0 Å². The van der Waals surface area contributed by atoms with E-state index in [9.17, 15) is 14.9 Å². The number of aromatic amines is 1. The van der Waals surface area contributed by atoms with E-state index in [0.717, 1.165) is 0 Å². The van der Waals surface area contributed by atoms with E-state index in [-0.39, 0.29) is 16.6 Å². The first-order valence-corrected chi connectivity index (χ1v) is 4.75. The molecular weight excluding hydrogens is 222 g/mol. The highest BCUT2D eigenvalue weighted by atomic mass is 16.6. The molecule has 2 rings (SSSR count). The number of nitro benzene ring substituents is 1. The Morgan fingerprint density at radius 3 is 2.76 bits per heavy atom. The lowest BCUT2D eigenvalue weighted by Crippen LogP contribution is -2.08. The van der Waals surface area contributed by atoms with Crippen LogP contribution in [0, 0.1) is 28.4 Å². The number of pyridine rings is 1. The molecule has 0 saturated carbocycles. The number of rotatable bonds is 1. The number of nitrogens with zero attached hydrogens (tertiary/aromatic N) is 2. The van der Waals surface area contributed by atoms with Crippen molar-refractivity contribution in [1.82, 2.24) is 4.98 Å². The van der Waals surface area contributed by atoms with E-state index in [0.29, 0.717) is 11.1 Å². The number of H-pyrrole nitrogens is 1. The number of hydrogen-bond acceptors (Lipinski definition) is 4. The molecule has 0 spiro atoms. The van der Waals surface area contributed by atoms with Crippen LogP contribution in [0.3, 0.4) is 0 Å². The van der Waals surface area contributed by atoms with E-state index in [1.165, 1.54) is 18.3 Å². The van der Waals surface area contributed by atoms with Gasteiger partial charge in [0.1, 0.15) is 11.6 Å². The predicted molar refractivity (Wildman–Crippen MR) is 60.7 cm³/mol. The SMILES string of the molecule is Cc1cc([N+](=O)[O-])cc2c(=O)c(C#N)c[nH]c12. The molecule has 2 aromatic rings. The smallest absolute Gasteiger partial charge is 0.270 e. The van der Waals surface area contributed by atoms with Crippen LogP contribution in [0.1, 0.15) is 11.1 Å². The third kappa shape index (κ3) is 1.63. The zero-order valence-electron chi connectivity index (χ0n) is 8.85. The lowest BCUT2D eigenvalue weighted by atomic mass is 10.1. The van der Waals surface area contributed by atoms with Crippen LogP contribution in [0.2, 0.25) is 0 Å². The summed E-state index contributed by atoms with van der Waals surface area (Å²) in [5, 5.41) is 19.6. The zero-order valence-corrected chi connectivity index (χ0v) is 8.85. The van der Waals surface area contributed by atoms with Crippen molar-refractivity contribution < 1.29 is 4.92 Å². The summed E-state index contributed by atoms with van der Waals surface area (Å²) < 4.78 is 0. The molecule has 0 amide bonds. The molecular formula is C11H7N3O3. The Morgan fingerprint density at radius 2 is 2.18 bits per heavy atom. The molecule has 1 aromatic heterocycles. The van der Waals surface area contributed by atoms with Gasteiger partial charge in [0.25, 0.3) is 5.69 Å². The highest BCUT2D eigenvalue weighted by Gasteiger charge is 2.13. The van der Waals surface area contributed by atoms with E-state index in [4.69, 9.17) is 5.26 Å². The quantitative estimate of drug-likeness (QED) is 0.593. The maximum atomic E-state index is 11.8. The molecule has 0 saturated heterocycles. The molecule has 17 heavy (non-hydrogen) atoms. The van der Waals surface area contributed by atoms with Crippen LogP contribution in [0.5, 0.6) is 0 Å². The Balaban J connectivity index is 2.95. The van der Waals surface area contributed by atoms with Crippen LogP contribution in [0.15, 0.2) is 23.1 Å². The highest BCUT2D eigenvalue weighted by molar-refractivity contribution is 5.84. The predicted octanol–water partition coefficient (Wildman–Crippen LogP) is 1.62. The van der Waals surface area contributed by atoms with E-state index in [2.05, 4.69) is 4.98 Å². The van der Waals surface area contributed by atoms with Crippen LogP contribution >= 0.6 is 0 Å². The monoisotopic (exact) mass is 229 g/mol. The molecule has 0 aliphatic rings. The van der Waals surface area contributed by atoms with Gasteiger partial charge in [0.15, 0.2) is 0 Å². The number of hydrogen-bond donors (Lipinski definition) is 1. The first-order valence-electron chi connectivity index (χ1n) is 4.75. The van der Waals surface area contributed by atoms with Crippen molar-refractivity contribution in [2.75, 3.05) is 0 Å². The topological polar surface area (TPSA) is 99.8 Å². The Morgan fingerprint density at radius 1 is 1.47 bits per heavy atom. The normalized spacial score (nSPS) is 10.1. The van der Waals surface area contributed by atoms with Gasteiger partial charge in [-0.25, -0.2) is 0 Å². The van der Waals surface area contributed by atoms with Crippen LogP contribution in [-0.4, -0.2) is 9.91 Å². The van der Waals surface area contributed by atoms with Gasteiger partial charge < -0.3 is 4.98 Å². The van der Waals surface area contributed by atoms with Gasteiger partial charge in [0.2, 0.25) is 5.43 Å². The second kappa shape index (κ2) is 3.72. The number of nitriles is 1. The summed E-state index contributed by atoms with van der Waals surface area (Å²) in [6.45, 7) is 1.66. The van der Waals surface area contributed by atoms with Crippen LogP contribution in [-0.2, 0) is 0 Å². The summed E-state index contributed by atoms with van der Waals surface area (Å²) in [6.07, 6.45) is 1.31. The average molecular weight is 229 g/mol. The third-order valence-corrected chi connectivity index (χ3v) is 2.50. The minimum atomic E-state index is -0.565. The van der Waals surface area contributed by atoms with Crippen molar-refractivity contribution in [3.63, 3.8) is 0 Å². The fourth-order valence-corrected chi connectivity index (χ4v) is 1.68. The number of benzene rings is 1. The number of non-ortho nitro benzene ring substituents is 1. The molecule has 0 bridgehead atoms. The van der Waals surface area contributed by atoms with Gasteiger partial charge in [-0.05, 0) is 12.5 Å². The van der Waals surface area contributed by atoms with Gasteiger partial charge in [-0.1, -0.05) is 0 Å². The van der Waals surface area contributed by atoms with Crippen molar-refractivity contribution in [2.24, 2.45) is 0 Å². The van der Waals surface area contributed by atoms with Crippen molar-refractivity contribution in [3.8, 4) is 6.07 Å². The minimum Gasteiger partial charge on any atom is -0.359 e. The van der Waals surface area contributed by atoms with Crippen molar-refractivity contribution in [2.45, 2.75) is 6.92 Å². The maximum Gasteiger partial charge on any atom is 0.270 e. The van der Waals surface area contributed by atoms with E-state index >= 15 is 0 Å². The molecule has 1 heterocycles. The first kappa shape index (κ1) is 10.8. The van der Waals surface area contributed by atoms with Crippen molar-refractivity contribution in [3.05, 3.63) is 49.8 Å². The van der Waals surface area contributed by atoms with Crippen LogP contribution < -0.4 is 5.43 Å². The van der Waals surface area contributed by atoms with E-state index < -0.39 is 10.4 Å². The Kier molecular flexibility index (Phi) is 2.37. The van der Waals surface area contributed by atoms with Crippen molar-refractivity contribution in [1.29, 1.82) is 5.26 Å². The number of nitrogens with one attached hydrogen (secondary N) is 1. The average Bonchev–Trinajstić information content (AvgIpc) is 2.30. The number of aryl methyl sites for hydroxylation is 1. The molecule has 6 nitrogen and oxygen atoms in total. The lowest BCUT2D eigenvalue weighted by Gasteiger charge is -2.02. The second-order valence-corrected chi connectivity index (χ2v) is 3.59. The Labute approximate surface area is 95.3 Å². The van der Waals surface area contributed by atoms with E-state index in [1.54, 1.807) is 13.0 Å². The van der Waals surface area contributed by atoms with Crippen LogP contribution in [0.25, 0.3) is 10.9 Å².